The molecule has 0 amide bonds. The number of esters is 2. The topological polar surface area (TPSA) is 105 Å². The van der Waals surface area contributed by atoms with Crippen LogP contribution in [0.4, 0.5) is 0 Å². The molecule has 5 unspecified atom stereocenters. The first-order valence-electron chi connectivity index (χ1n) is 23.8. The van der Waals surface area contributed by atoms with Crippen LogP contribution in [0.3, 0.4) is 0 Å². The molecular weight excluding hydrogens is 729 g/mol. The van der Waals surface area contributed by atoms with E-state index in [4.69, 9.17) is 18.9 Å². The summed E-state index contributed by atoms with van der Waals surface area (Å²) in [6, 6.07) is 0. The number of carbonyl (C=O) groups is 4. The number of Topliss-reactive ketones (excluding diaryl/α,β-unsaturated/α-hetero) is 1. The molecule has 324 valence electrons. The van der Waals surface area contributed by atoms with E-state index in [1.165, 1.54) is 64.2 Å². The first-order valence-corrected chi connectivity index (χ1v) is 23.8. The largest absolute Gasteiger partial charge is 0.462 e. The van der Waals surface area contributed by atoms with Crippen LogP contribution in [0.25, 0.3) is 0 Å². The van der Waals surface area contributed by atoms with Crippen molar-refractivity contribution < 1.29 is 38.1 Å². The maximum absolute atomic E-state index is 14.8. The minimum atomic E-state index is -1.32. The Kier molecular flexibility index (Phi) is 15.8. The minimum absolute atomic E-state index is 0.00813. The number of fused-ring (bicyclic) bond motifs is 7. The van der Waals surface area contributed by atoms with Gasteiger partial charge in [0.2, 0.25) is 5.78 Å². The van der Waals surface area contributed by atoms with Crippen molar-refractivity contribution in [2.45, 2.75) is 206 Å². The van der Waals surface area contributed by atoms with Gasteiger partial charge in [0.25, 0.3) is 0 Å². The van der Waals surface area contributed by atoms with Crippen LogP contribution in [0.1, 0.15) is 182 Å². The monoisotopic (exact) mass is 805 g/mol. The van der Waals surface area contributed by atoms with E-state index in [1.807, 2.05) is 0 Å². The molecule has 1 aliphatic heterocycles. The predicted molar refractivity (Wildman–Crippen MR) is 227 cm³/mol. The molecule has 4 saturated carbocycles. The van der Waals surface area contributed by atoms with Gasteiger partial charge in [-0.2, -0.15) is 0 Å². The molecule has 58 heavy (non-hydrogen) atoms. The van der Waals surface area contributed by atoms with E-state index in [2.05, 4.69) is 39.0 Å². The van der Waals surface area contributed by atoms with Gasteiger partial charge in [-0.1, -0.05) is 129 Å². The quantitative estimate of drug-likeness (QED) is 0.0641. The summed E-state index contributed by atoms with van der Waals surface area (Å²) >= 11 is 0. The molecule has 5 aliphatic carbocycles. The summed E-state index contributed by atoms with van der Waals surface area (Å²) in [5, 5.41) is 0. The van der Waals surface area contributed by atoms with Crippen molar-refractivity contribution in [3.05, 3.63) is 36.0 Å². The second kappa shape index (κ2) is 20.3. The Bertz CT molecular complexity index is 1520. The number of unbranched alkanes of at least 4 members (excludes halogenated alkanes) is 11. The van der Waals surface area contributed by atoms with E-state index in [9.17, 15) is 19.2 Å². The number of ether oxygens (including phenoxy) is 4. The third-order valence-corrected chi connectivity index (χ3v) is 15.4. The molecule has 0 N–H and O–H groups in total. The van der Waals surface area contributed by atoms with Crippen LogP contribution in [-0.4, -0.2) is 54.2 Å². The zero-order chi connectivity index (χ0) is 41.3. The fourth-order valence-corrected chi connectivity index (χ4v) is 12.3. The molecule has 6 rings (SSSR count). The molecular formula is C50H76O8. The molecule has 6 aliphatic rings. The fraction of sp³-hybridized carbons (Fsp3) is 0.800. The second-order valence-corrected chi connectivity index (χ2v) is 19.7. The van der Waals surface area contributed by atoms with E-state index in [1.54, 1.807) is 26.0 Å². The summed E-state index contributed by atoms with van der Waals surface area (Å²) in [6.45, 7) is 9.81. The molecule has 0 spiro atoms. The summed E-state index contributed by atoms with van der Waals surface area (Å²) in [6.07, 6.45) is 33.0. The second-order valence-electron chi connectivity index (χ2n) is 19.7. The summed E-state index contributed by atoms with van der Waals surface area (Å²) in [4.78, 5) is 54.0. The van der Waals surface area contributed by atoms with Crippen molar-refractivity contribution in [2.24, 2.45) is 40.4 Å². The molecule has 8 heteroatoms. The van der Waals surface area contributed by atoms with E-state index in [0.717, 1.165) is 69.8 Å². The molecule has 0 aromatic heterocycles. The summed E-state index contributed by atoms with van der Waals surface area (Å²) in [5.41, 5.74) is -1.38. The van der Waals surface area contributed by atoms with Gasteiger partial charge >= 0.3 is 11.9 Å². The van der Waals surface area contributed by atoms with Gasteiger partial charge in [-0.15, -0.1) is 0 Å². The number of allylic oxidation sites excluding steroid dienone is 6. The van der Waals surface area contributed by atoms with Crippen molar-refractivity contribution in [3.8, 4) is 0 Å². The molecule has 8 nitrogen and oxygen atoms in total. The van der Waals surface area contributed by atoms with Gasteiger partial charge in [0, 0.05) is 29.1 Å². The third kappa shape index (κ3) is 9.64. The van der Waals surface area contributed by atoms with Crippen LogP contribution in [0.2, 0.25) is 0 Å². The molecule has 9 atom stereocenters. The van der Waals surface area contributed by atoms with Crippen molar-refractivity contribution in [1.29, 1.82) is 0 Å². The van der Waals surface area contributed by atoms with Gasteiger partial charge in [0.15, 0.2) is 24.3 Å². The average Bonchev–Trinajstić information content (AvgIpc) is 3.71. The predicted octanol–water partition coefficient (Wildman–Crippen LogP) is 11.3. The molecule has 0 radical (unpaired) electrons. The highest BCUT2D eigenvalue weighted by Gasteiger charge is 2.76. The Morgan fingerprint density at radius 1 is 0.897 bits per heavy atom. The summed E-state index contributed by atoms with van der Waals surface area (Å²) in [5.74, 6) is -0.876. The lowest BCUT2D eigenvalue weighted by atomic mass is 9.46. The van der Waals surface area contributed by atoms with Crippen molar-refractivity contribution >= 4 is 23.5 Å². The number of ketones is 2. The van der Waals surface area contributed by atoms with Gasteiger partial charge in [0.1, 0.15) is 6.10 Å². The van der Waals surface area contributed by atoms with Crippen LogP contribution in [0.5, 0.6) is 0 Å². The Labute approximate surface area is 350 Å². The van der Waals surface area contributed by atoms with Gasteiger partial charge < -0.3 is 18.9 Å². The van der Waals surface area contributed by atoms with Crippen LogP contribution in [0, 0.1) is 40.4 Å². The van der Waals surface area contributed by atoms with Crippen molar-refractivity contribution in [2.75, 3.05) is 6.61 Å². The highest BCUT2D eigenvalue weighted by atomic mass is 16.7. The lowest BCUT2D eigenvalue weighted by molar-refractivity contribution is -0.216. The Balaban J connectivity index is 1.14. The Morgan fingerprint density at radius 2 is 1.57 bits per heavy atom. The Morgan fingerprint density at radius 3 is 2.26 bits per heavy atom. The van der Waals surface area contributed by atoms with Crippen molar-refractivity contribution in [1.82, 2.24) is 0 Å². The number of hydrogen-bond acceptors (Lipinski definition) is 8. The van der Waals surface area contributed by atoms with E-state index in [0.29, 0.717) is 19.3 Å². The van der Waals surface area contributed by atoms with Gasteiger partial charge in [-0.3, -0.25) is 19.2 Å². The lowest BCUT2D eigenvalue weighted by Crippen LogP contribution is -2.64. The van der Waals surface area contributed by atoms with Crippen LogP contribution < -0.4 is 0 Å². The fourth-order valence-electron chi connectivity index (χ4n) is 12.3. The standard InChI is InChI=1S/C50H76O8/c1-6-7-8-9-10-11-12-13-14-15-16-17-18-19-23-26-44(53)56-41-33-49(5)40(39-28-27-37-31-38(51)29-30-48(37,4)45(39)41)32-43-50(49,42(52)34-55-46(54)35(2)3)58-47(57-43)36-24-21-20-22-25-36/h16-17,29-31,35-36,39-41,43,45,47H,6-15,18-28,32-34H2,1-5H3/b17-16+/t39?,40?,41?,43?,45?,47-,48+,49+,50-/m1/s1. The summed E-state index contributed by atoms with van der Waals surface area (Å²) < 4.78 is 26.3. The maximum atomic E-state index is 14.8. The third-order valence-electron chi connectivity index (χ3n) is 15.4. The number of carbonyl (C=O) groups excluding carboxylic acids is 4. The molecule has 0 aromatic carbocycles. The molecule has 1 heterocycles. The minimum Gasteiger partial charge on any atom is -0.462 e. The highest BCUT2D eigenvalue weighted by Crippen LogP contribution is 2.70. The zero-order valence-electron chi connectivity index (χ0n) is 36.7. The number of rotatable bonds is 21. The number of hydrogen-bond donors (Lipinski definition) is 0. The average molecular weight is 805 g/mol. The van der Waals surface area contributed by atoms with E-state index >= 15 is 0 Å². The van der Waals surface area contributed by atoms with Gasteiger partial charge in [-0.25, -0.2) is 0 Å². The van der Waals surface area contributed by atoms with E-state index < -0.39 is 40.9 Å². The van der Waals surface area contributed by atoms with Crippen LogP contribution >= 0.6 is 0 Å². The van der Waals surface area contributed by atoms with Crippen LogP contribution in [0.15, 0.2) is 36.0 Å². The smallest absolute Gasteiger partial charge is 0.308 e. The first kappa shape index (κ1) is 45.0. The lowest BCUT2D eigenvalue weighted by Gasteiger charge is -2.60. The molecule has 5 fully saturated rings. The SMILES string of the molecule is CCCCCCCCCCC/C=C/CCCCC(=O)OC1C[C@@]2(C)C(CC3O[C@@H](C4CCCCC4)O[C@]32C(=O)COC(=O)C(C)C)C2CCC3=CC(=O)C=C[C@]3(C)C12. The molecule has 1 saturated heterocycles. The zero-order valence-corrected chi connectivity index (χ0v) is 36.7. The van der Waals surface area contributed by atoms with Gasteiger partial charge in [0.05, 0.1) is 12.0 Å². The summed E-state index contributed by atoms with van der Waals surface area (Å²) in [7, 11) is 0. The van der Waals surface area contributed by atoms with E-state index in [-0.39, 0.29) is 53.7 Å². The molecule has 0 aromatic rings. The van der Waals surface area contributed by atoms with Gasteiger partial charge in [-0.05, 0) is 94.6 Å². The van der Waals surface area contributed by atoms with Crippen LogP contribution in [-0.2, 0) is 38.1 Å². The highest BCUT2D eigenvalue weighted by molar-refractivity contribution is 6.01. The Hall–Kier alpha value is -2.58. The first-order chi connectivity index (χ1) is 27.9. The normalized spacial score (nSPS) is 34.4. The van der Waals surface area contributed by atoms with Crippen molar-refractivity contribution in [3.63, 3.8) is 0 Å². The maximum Gasteiger partial charge on any atom is 0.308 e. The molecule has 0 bridgehead atoms.